The van der Waals surface area contributed by atoms with Crippen LogP contribution in [0.5, 0.6) is 0 Å². The molecule has 0 aromatic heterocycles. The smallest absolute Gasteiger partial charge is 0.264 e. The van der Waals surface area contributed by atoms with E-state index in [9.17, 15) is 18.0 Å². The zero-order valence-electron chi connectivity index (χ0n) is 23.3. The number of rotatable bonds is 10. The second-order valence-corrected chi connectivity index (χ2v) is 13.8. The number of sulfonamides is 1. The molecule has 2 amide bonds. The molecule has 0 aliphatic carbocycles. The van der Waals surface area contributed by atoms with Crippen LogP contribution in [-0.4, -0.2) is 43.3 Å². The number of hydrogen-bond acceptors (Lipinski definition) is 4. The standard InChI is InChI=1S/C30H35BrClN3O4S/c1-6-27(29(37)33-30(3,4)5)34(19-22-9-13-24(32)14-10-22)28(36)20-35(25-15-11-23(31)12-16-25)40(38,39)26-17-7-21(2)8-18-26/h7-18,27H,6,19-20H2,1-5H3,(H,33,37). The lowest BCUT2D eigenvalue weighted by Gasteiger charge is -2.34. The fourth-order valence-corrected chi connectivity index (χ4v) is 5.94. The van der Waals surface area contributed by atoms with E-state index in [0.29, 0.717) is 17.1 Å². The summed E-state index contributed by atoms with van der Waals surface area (Å²) in [6, 6.07) is 19.4. The molecule has 0 heterocycles. The third-order valence-corrected chi connectivity index (χ3v) is 8.72. The first kappa shape index (κ1) is 31.6. The summed E-state index contributed by atoms with van der Waals surface area (Å²) in [5.41, 5.74) is 1.49. The molecule has 1 unspecified atom stereocenters. The maximum absolute atomic E-state index is 14.1. The lowest BCUT2D eigenvalue weighted by Crippen LogP contribution is -2.55. The molecule has 0 bridgehead atoms. The molecular formula is C30H35BrClN3O4S. The molecule has 3 aromatic rings. The number of nitrogens with zero attached hydrogens (tertiary/aromatic N) is 2. The van der Waals surface area contributed by atoms with Crippen molar-refractivity contribution in [3.8, 4) is 0 Å². The highest BCUT2D eigenvalue weighted by atomic mass is 79.9. The predicted molar refractivity (Wildman–Crippen MR) is 164 cm³/mol. The molecule has 3 aromatic carbocycles. The van der Waals surface area contributed by atoms with E-state index in [2.05, 4.69) is 21.2 Å². The van der Waals surface area contributed by atoms with E-state index in [1.807, 2.05) is 34.6 Å². The minimum absolute atomic E-state index is 0.0654. The van der Waals surface area contributed by atoms with E-state index in [1.54, 1.807) is 60.7 Å². The van der Waals surface area contributed by atoms with E-state index >= 15 is 0 Å². The first-order valence-corrected chi connectivity index (χ1v) is 15.5. The first-order chi connectivity index (χ1) is 18.7. The Balaban J connectivity index is 2.06. The van der Waals surface area contributed by atoms with Crippen molar-refractivity contribution in [3.05, 3.63) is 93.4 Å². The van der Waals surface area contributed by atoms with Crippen LogP contribution in [0.4, 0.5) is 5.69 Å². The molecule has 0 aliphatic heterocycles. The summed E-state index contributed by atoms with van der Waals surface area (Å²) < 4.78 is 29.6. The maximum atomic E-state index is 14.1. The van der Waals surface area contributed by atoms with Crippen LogP contribution < -0.4 is 9.62 Å². The van der Waals surface area contributed by atoms with Gasteiger partial charge in [-0.05, 0) is 88.2 Å². The molecule has 0 aliphatic rings. The fraction of sp³-hybridized carbons (Fsp3) is 0.333. The molecule has 214 valence electrons. The average Bonchev–Trinajstić information content (AvgIpc) is 2.88. The van der Waals surface area contributed by atoms with Crippen LogP contribution in [0.1, 0.15) is 45.2 Å². The van der Waals surface area contributed by atoms with Gasteiger partial charge in [-0.25, -0.2) is 8.42 Å². The molecule has 0 saturated carbocycles. The lowest BCUT2D eigenvalue weighted by atomic mass is 10.1. The Morgan fingerprint density at radius 3 is 2.05 bits per heavy atom. The van der Waals surface area contributed by atoms with E-state index in [-0.39, 0.29) is 17.3 Å². The van der Waals surface area contributed by atoms with Gasteiger partial charge in [0.1, 0.15) is 12.6 Å². The molecule has 10 heteroatoms. The highest BCUT2D eigenvalue weighted by Crippen LogP contribution is 2.27. The first-order valence-electron chi connectivity index (χ1n) is 12.9. The summed E-state index contributed by atoms with van der Waals surface area (Å²) in [7, 11) is -4.12. The molecule has 7 nitrogen and oxygen atoms in total. The van der Waals surface area contributed by atoms with E-state index in [0.717, 1.165) is 19.9 Å². The van der Waals surface area contributed by atoms with E-state index < -0.39 is 34.1 Å². The fourth-order valence-electron chi connectivity index (χ4n) is 4.13. The highest BCUT2D eigenvalue weighted by Gasteiger charge is 2.34. The van der Waals surface area contributed by atoms with Gasteiger partial charge in [0.05, 0.1) is 10.6 Å². The van der Waals surface area contributed by atoms with Gasteiger partial charge in [0, 0.05) is 21.6 Å². The van der Waals surface area contributed by atoms with Gasteiger partial charge in [0.2, 0.25) is 11.8 Å². The number of aryl methyl sites for hydroxylation is 1. The Morgan fingerprint density at radius 2 is 1.52 bits per heavy atom. The summed E-state index contributed by atoms with van der Waals surface area (Å²) in [5.74, 6) is -0.821. The highest BCUT2D eigenvalue weighted by molar-refractivity contribution is 9.10. The normalized spacial score (nSPS) is 12.5. The average molecular weight is 649 g/mol. The van der Waals surface area contributed by atoms with Crippen LogP contribution in [0.2, 0.25) is 5.02 Å². The van der Waals surface area contributed by atoms with Gasteiger partial charge in [-0.2, -0.15) is 0 Å². The van der Waals surface area contributed by atoms with Crippen LogP contribution in [0.15, 0.2) is 82.2 Å². The number of amides is 2. The van der Waals surface area contributed by atoms with Gasteiger partial charge >= 0.3 is 0 Å². The zero-order valence-corrected chi connectivity index (χ0v) is 26.5. The van der Waals surface area contributed by atoms with Crippen LogP contribution in [-0.2, 0) is 26.2 Å². The van der Waals surface area contributed by atoms with Gasteiger partial charge in [-0.1, -0.05) is 64.3 Å². The molecule has 1 atom stereocenters. The third-order valence-electron chi connectivity index (χ3n) is 6.15. The minimum Gasteiger partial charge on any atom is -0.350 e. The number of benzene rings is 3. The summed E-state index contributed by atoms with van der Waals surface area (Å²) >= 11 is 9.45. The zero-order chi connectivity index (χ0) is 29.7. The number of halogens is 2. The number of hydrogen-bond donors (Lipinski definition) is 1. The number of anilines is 1. The second-order valence-electron chi connectivity index (χ2n) is 10.6. The van der Waals surface area contributed by atoms with Crippen LogP contribution in [0.25, 0.3) is 0 Å². The summed E-state index contributed by atoms with van der Waals surface area (Å²) in [6.07, 6.45) is 0.338. The van der Waals surface area contributed by atoms with Crippen molar-refractivity contribution in [1.29, 1.82) is 0 Å². The summed E-state index contributed by atoms with van der Waals surface area (Å²) in [6.45, 7) is 8.90. The number of carbonyl (C=O) groups is 2. The minimum atomic E-state index is -4.12. The van der Waals surface area contributed by atoms with Gasteiger partial charge in [0.25, 0.3) is 10.0 Å². The second kappa shape index (κ2) is 13.2. The van der Waals surface area contributed by atoms with E-state index in [4.69, 9.17) is 11.6 Å². The lowest BCUT2D eigenvalue weighted by molar-refractivity contribution is -0.141. The van der Waals surface area contributed by atoms with Gasteiger partial charge in [-0.3, -0.25) is 13.9 Å². The molecule has 0 radical (unpaired) electrons. The predicted octanol–water partition coefficient (Wildman–Crippen LogP) is 6.33. The summed E-state index contributed by atoms with van der Waals surface area (Å²) in [5, 5.41) is 3.51. The van der Waals surface area contributed by atoms with Crippen molar-refractivity contribution in [2.75, 3.05) is 10.8 Å². The molecule has 3 rings (SSSR count). The largest absolute Gasteiger partial charge is 0.350 e. The van der Waals surface area contributed by atoms with Crippen LogP contribution >= 0.6 is 27.5 Å². The number of carbonyl (C=O) groups excluding carboxylic acids is 2. The quantitative estimate of drug-likeness (QED) is 0.279. The Morgan fingerprint density at radius 1 is 0.950 bits per heavy atom. The van der Waals surface area contributed by atoms with Crippen molar-refractivity contribution in [1.82, 2.24) is 10.2 Å². The SMILES string of the molecule is CCC(C(=O)NC(C)(C)C)N(Cc1ccc(Cl)cc1)C(=O)CN(c1ccc(Br)cc1)S(=O)(=O)c1ccc(C)cc1. The molecule has 0 spiro atoms. The van der Waals surface area contributed by atoms with Gasteiger partial charge < -0.3 is 10.2 Å². The van der Waals surface area contributed by atoms with Crippen molar-refractivity contribution in [2.45, 2.75) is 64.1 Å². The topological polar surface area (TPSA) is 86.8 Å². The van der Waals surface area contributed by atoms with Crippen molar-refractivity contribution >= 4 is 55.1 Å². The third kappa shape index (κ3) is 8.32. The molecule has 1 N–H and O–H groups in total. The van der Waals surface area contributed by atoms with Crippen molar-refractivity contribution in [3.63, 3.8) is 0 Å². The van der Waals surface area contributed by atoms with Crippen LogP contribution in [0, 0.1) is 6.92 Å². The Kier molecular flexibility index (Phi) is 10.4. The van der Waals surface area contributed by atoms with Crippen molar-refractivity contribution in [2.24, 2.45) is 0 Å². The van der Waals surface area contributed by atoms with Gasteiger partial charge in [-0.15, -0.1) is 0 Å². The van der Waals surface area contributed by atoms with Crippen molar-refractivity contribution < 1.29 is 18.0 Å². The molecular weight excluding hydrogens is 614 g/mol. The van der Waals surface area contributed by atoms with Gasteiger partial charge in [0.15, 0.2) is 0 Å². The molecule has 40 heavy (non-hydrogen) atoms. The monoisotopic (exact) mass is 647 g/mol. The Bertz CT molecular complexity index is 1420. The van der Waals surface area contributed by atoms with Crippen LogP contribution in [0.3, 0.4) is 0 Å². The Labute approximate surface area is 250 Å². The molecule has 0 fully saturated rings. The van der Waals surface area contributed by atoms with E-state index in [1.165, 1.54) is 17.0 Å². The Hall–Kier alpha value is -2.88. The number of nitrogens with one attached hydrogen (secondary N) is 1. The molecule has 0 saturated heterocycles. The maximum Gasteiger partial charge on any atom is 0.264 e. The summed E-state index contributed by atoms with van der Waals surface area (Å²) in [4.78, 5) is 28.9.